The number of benzene rings is 1. The molecular formula is C11H11N3O4S2. The first kappa shape index (κ1) is 14.6. The number of hydrogen-bond donors (Lipinski definition) is 2. The van der Waals surface area contributed by atoms with Crippen molar-refractivity contribution >= 4 is 39.0 Å². The third-order valence-electron chi connectivity index (χ3n) is 2.70. The number of thiocarbonyl (C=S) groups is 1. The van der Waals surface area contributed by atoms with Crippen molar-refractivity contribution in [1.82, 2.24) is 9.62 Å². The number of hydrogen-bond acceptors (Lipinski definition) is 5. The minimum Gasteiger partial charge on any atom is -0.389 e. The van der Waals surface area contributed by atoms with Crippen LogP contribution in [0.15, 0.2) is 29.2 Å². The standard InChI is InChI=1S/C11H11N3O4S2/c12-11(19)7-1-3-8(4-2-7)20(17,18)14-5-9(15)13-10(16)6-14/h1-4H,5-6H2,(H2,12,19)(H,13,15,16). The van der Waals surface area contributed by atoms with E-state index in [4.69, 9.17) is 18.0 Å². The van der Waals surface area contributed by atoms with Crippen LogP contribution in [-0.2, 0) is 19.6 Å². The van der Waals surface area contributed by atoms with Crippen molar-refractivity contribution in [2.75, 3.05) is 13.1 Å². The first-order valence-electron chi connectivity index (χ1n) is 5.53. The number of imide groups is 1. The van der Waals surface area contributed by atoms with Crippen LogP contribution in [0, 0.1) is 0 Å². The molecule has 2 amide bonds. The molecule has 106 valence electrons. The van der Waals surface area contributed by atoms with Gasteiger partial charge in [0.1, 0.15) is 4.99 Å². The van der Waals surface area contributed by atoms with E-state index in [1.807, 2.05) is 5.32 Å². The minimum atomic E-state index is -3.90. The minimum absolute atomic E-state index is 0.0278. The number of sulfonamides is 1. The van der Waals surface area contributed by atoms with Crippen LogP contribution in [0.25, 0.3) is 0 Å². The van der Waals surface area contributed by atoms with E-state index in [2.05, 4.69) is 0 Å². The Morgan fingerprint density at radius 2 is 1.65 bits per heavy atom. The Labute approximate surface area is 120 Å². The second-order valence-electron chi connectivity index (χ2n) is 4.13. The van der Waals surface area contributed by atoms with Gasteiger partial charge in [-0.05, 0) is 12.1 Å². The molecule has 1 fully saturated rings. The Morgan fingerprint density at radius 1 is 1.15 bits per heavy atom. The number of amides is 2. The van der Waals surface area contributed by atoms with Gasteiger partial charge in [-0.3, -0.25) is 14.9 Å². The van der Waals surface area contributed by atoms with Gasteiger partial charge in [0.15, 0.2) is 0 Å². The van der Waals surface area contributed by atoms with Gasteiger partial charge in [-0.1, -0.05) is 24.4 Å². The van der Waals surface area contributed by atoms with Crippen molar-refractivity contribution in [2.24, 2.45) is 5.73 Å². The second kappa shape index (κ2) is 5.27. The summed E-state index contributed by atoms with van der Waals surface area (Å²) in [4.78, 5) is 22.6. The first-order chi connectivity index (χ1) is 9.30. The number of nitrogens with one attached hydrogen (secondary N) is 1. The molecule has 0 unspecified atom stereocenters. The predicted octanol–water partition coefficient (Wildman–Crippen LogP) is -1.03. The maximum Gasteiger partial charge on any atom is 0.244 e. The van der Waals surface area contributed by atoms with E-state index in [1.54, 1.807) is 0 Å². The maximum atomic E-state index is 12.3. The number of carbonyl (C=O) groups is 2. The van der Waals surface area contributed by atoms with Crippen LogP contribution in [-0.4, -0.2) is 42.6 Å². The molecule has 1 aromatic rings. The number of carbonyl (C=O) groups excluding carboxylic acids is 2. The van der Waals surface area contributed by atoms with Gasteiger partial charge in [0.2, 0.25) is 21.8 Å². The van der Waals surface area contributed by atoms with Crippen LogP contribution >= 0.6 is 12.2 Å². The molecule has 0 aromatic heterocycles. The van der Waals surface area contributed by atoms with Crippen LogP contribution in [0.2, 0.25) is 0 Å². The quantitative estimate of drug-likeness (QED) is 0.545. The summed E-state index contributed by atoms with van der Waals surface area (Å²) < 4.78 is 25.4. The molecule has 0 aliphatic carbocycles. The summed E-state index contributed by atoms with van der Waals surface area (Å²) in [6.07, 6.45) is 0. The summed E-state index contributed by atoms with van der Waals surface area (Å²) in [7, 11) is -3.90. The highest BCUT2D eigenvalue weighted by molar-refractivity contribution is 7.89. The van der Waals surface area contributed by atoms with Gasteiger partial charge in [0.25, 0.3) is 0 Å². The molecule has 1 heterocycles. The van der Waals surface area contributed by atoms with Crippen molar-refractivity contribution in [3.05, 3.63) is 29.8 Å². The average molecular weight is 313 g/mol. The summed E-state index contributed by atoms with van der Waals surface area (Å²) >= 11 is 4.78. The van der Waals surface area contributed by atoms with E-state index in [1.165, 1.54) is 24.3 Å². The van der Waals surface area contributed by atoms with E-state index in [-0.39, 0.29) is 23.0 Å². The Kier molecular flexibility index (Phi) is 3.84. The van der Waals surface area contributed by atoms with Gasteiger partial charge >= 0.3 is 0 Å². The normalized spacial score (nSPS) is 16.8. The first-order valence-corrected chi connectivity index (χ1v) is 7.38. The molecule has 9 heteroatoms. The van der Waals surface area contributed by atoms with Crippen molar-refractivity contribution in [1.29, 1.82) is 0 Å². The Balaban J connectivity index is 2.32. The van der Waals surface area contributed by atoms with Crippen LogP contribution < -0.4 is 11.1 Å². The van der Waals surface area contributed by atoms with E-state index in [0.717, 1.165) is 4.31 Å². The SMILES string of the molecule is NC(=S)c1ccc(S(=O)(=O)N2CC(=O)NC(=O)C2)cc1. The average Bonchev–Trinajstić information content (AvgIpc) is 2.37. The fourth-order valence-corrected chi connectivity index (χ4v) is 3.21. The largest absolute Gasteiger partial charge is 0.389 e. The number of nitrogens with zero attached hydrogens (tertiary/aromatic N) is 1. The van der Waals surface area contributed by atoms with Gasteiger partial charge in [-0.2, -0.15) is 4.31 Å². The maximum absolute atomic E-state index is 12.3. The molecule has 1 aliphatic heterocycles. The molecule has 1 aromatic carbocycles. The Bertz CT molecular complexity index is 666. The fourth-order valence-electron chi connectivity index (χ4n) is 1.72. The second-order valence-corrected chi connectivity index (χ2v) is 6.51. The summed E-state index contributed by atoms with van der Waals surface area (Å²) in [6, 6.07) is 5.61. The lowest BCUT2D eigenvalue weighted by molar-refractivity contribution is -0.134. The van der Waals surface area contributed by atoms with Gasteiger partial charge in [-0.15, -0.1) is 0 Å². The number of nitrogens with two attached hydrogens (primary N) is 1. The van der Waals surface area contributed by atoms with Crippen LogP contribution in [0.4, 0.5) is 0 Å². The van der Waals surface area contributed by atoms with Crippen LogP contribution in [0.3, 0.4) is 0 Å². The molecule has 0 spiro atoms. The van der Waals surface area contributed by atoms with Crippen molar-refractivity contribution in [3.8, 4) is 0 Å². The summed E-state index contributed by atoms with van der Waals surface area (Å²) in [5, 5.41) is 2.04. The molecule has 7 nitrogen and oxygen atoms in total. The van der Waals surface area contributed by atoms with Crippen molar-refractivity contribution in [3.63, 3.8) is 0 Å². The van der Waals surface area contributed by atoms with Crippen molar-refractivity contribution < 1.29 is 18.0 Å². The fraction of sp³-hybridized carbons (Fsp3) is 0.182. The smallest absolute Gasteiger partial charge is 0.244 e. The molecular weight excluding hydrogens is 302 g/mol. The lowest BCUT2D eigenvalue weighted by Gasteiger charge is -2.24. The molecule has 1 aliphatic rings. The molecule has 2 rings (SSSR count). The monoisotopic (exact) mass is 313 g/mol. The van der Waals surface area contributed by atoms with Gasteiger partial charge in [-0.25, -0.2) is 8.42 Å². The highest BCUT2D eigenvalue weighted by atomic mass is 32.2. The lowest BCUT2D eigenvalue weighted by atomic mass is 10.2. The van der Waals surface area contributed by atoms with E-state index >= 15 is 0 Å². The Hall–Kier alpha value is -1.84. The zero-order valence-corrected chi connectivity index (χ0v) is 11.8. The van der Waals surface area contributed by atoms with E-state index in [0.29, 0.717) is 5.56 Å². The van der Waals surface area contributed by atoms with E-state index in [9.17, 15) is 18.0 Å². The topological polar surface area (TPSA) is 110 Å². The third kappa shape index (κ3) is 2.84. The van der Waals surface area contributed by atoms with Crippen LogP contribution in [0.5, 0.6) is 0 Å². The molecule has 3 N–H and O–H groups in total. The van der Waals surface area contributed by atoms with Crippen LogP contribution in [0.1, 0.15) is 5.56 Å². The Morgan fingerprint density at radius 3 is 2.10 bits per heavy atom. The highest BCUT2D eigenvalue weighted by Crippen LogP contribution is 2.17. The molecule has 0 saturated carbocycles. The summed E-state index contributed by atoms with van der Waals surface area (Å²) in [5.74, 6) is -1.30. The summed E-state index contributed by atoms with van der Waals surface area (Å²) in [6.45, 7) is -0.768. The third-order valence-corrected chi connectivity index (χ3v) is 4.74. The van der Waals surface area contributed by atoms with Crippen molar-refractivity contribution in [2.45, 2.75) is 4.90 Å². The lowest BCUT2D eigenvalue weighted by Crippen LogP contribution is -2.53. The van der Waals surface area contributed by atoms with Gasteiger partial charge < -0.3 is 5.73 Å². The highest BCUT2D eigenvalue weighted by Gasteiger charge is 2.32. The molecule has 20 heavy (non-hydrogen) atoms. The molecule has 0 atom stereocenters. The predicted molar refractivity (Wildman–Crippen MR) is 74.2 cm³/mol. The molecule has 0 radical (unpaired) electrons. The zero-order valence-electron chi connectivity index (χ0n) is 10.2. The summed E-state index contributed by atoms with van der Waals surface area (Å²) in [5.41, 5.74) is 5.96. The van der Waals surface area contributed by atoms with Gasteiger partial charge in [0.05, 0.1) is 18.0 Å². The van der Waals surface area contributed by atoms with Gasteiger partial charge in [0, 0.05) is 5.56 Å². The zero-order chi connectivity index (χ0) is 14.9. The van der Waals surface area contributed by atoms with E-state index < -0.39 is 21.8 Å². The molecule has 0 bridgehead atoms. The molecule has 1 saturated heterocycles. The number of rotatable bonds is 3. The number of piperazine rings is 1.